The van der Waals surface area contributed by atoms with Gasteiger partial charge in [0.1, 0.15) is 13.2 Å². The molecule has 4 nitrogen and oxygen atoms in total. The molecule has 0 aromatic heterocycles. The molecule has 2 N–H and O–H groups in total. The van der Waals surface area contributed by atoms with E-state index < -0.39 is 6.10 Å². The zero-order valence-corrected chi connectivity index (χ0v) is 20.2. The molecule has 1 unspecified atom stereocenters. The molecule has 0 spiro atoms. The Kier molecular flexibility index (Phi) is 9.89. The van der Waals surface area contributed by atoms with E-state index in [-0.39, 0.29) is 12.4 Å². The van der Waals surface area contributed by atoms with Gasteiger partial charge in [0.25, 0.3) is 0 Å². The van der Waals surface area contributed by atoms with Gasteiger partial charge in [-0.2, -0.15) is 0 Å². The van der Waals surface area contributed by atoms with Gasteiger partial charge in [-0.1, -0.05) is 85.1 Å². The highest BCUT2D eigenvalue weighted by molar-refractivity contribution is 6.31. The molecule has 0 aliphatic heterocycles. The fraction of sp³-hybridized carbons (Fsp3) is 0.333. The molecule has 3 aromatic rings. The van der Waals surface area contributed by atoms with E-state index in [2.05, 4.69) is 5.32 Å². The molecule has 3 aromatic carbocycles. The van der Waals surface area contributed by atoms with Gasteiger partial charge in [0.05, 0.1) is 11.1 Å². The van der Waals surface area contributed by atoms with Gasteiger partial charge < -0.3 is 19.9 Å². The standard InChI is InChI=1S/C27H30ClNO3.ClH/c28-24-16-27(32-19-21-11-5-2-6-12-21)26(31-18-20-9-3-1-4-10-20)15-23(24)25(30)17-29-22-13-7-8-14-22;/h1-6,9-12,15-16,22,25,29-30H,7-8,13-14,17-19H2;1H. The topological polar surface area (TPSA) is 50.7 Å². The van der Waals surface area contributed by atoms with Gasteiger partial charge in [-0.25, -0.2) is 0 Å². The van der Waals surface area contributed by atoms with E-state index in [1.54, 1.807) is 6.07 Å². The van der Waals surface area contributed by atoms with Crippen LogP contribution in [0.2, 0.25) is 5.02 Å². The van der Waals surface area contributed by atoms with Crippen LogP contribution in [0.3, 0.4) is 0 Å². The maximum absolute atomic E-state index is 10.8. The lowest BCUT2D eigenvalue weighted by molar-refractivity contribution is 0.169. The van der Waals surface area contributed by atoms with Crippen LogP contribution < -0.4 is 14.8 Å². The summed E-state index contributed by atoms with van der Waals surface area (Å²) in [5.74, 6) is 1.14. The summed E-state index contributed by atoms with van der Waals surface area (Å²) in [5, 5.41) is 14.8. The van der Waals surface area contributed by atoms with Crippen molar-refractivity contribution in [3.8, 4) is 11.5 Å². The zero-order chi connectivity index (χ0) is 22.2. The molecule has 1 aliphatic rings. The van der Waals surface area contributed by atoms with Gasteiger partial charge in [-0.3, -0.25) is 0 Å². The van der Waals surface area contributed by atoms with Crippen LogP contribution in [0, 0.1) is 0 Å². The second-order valence-corrected chi connectivity index (χ2v) is 8.68. The monoisotopic (exact) mass is 487 g/mol. The van der Waals surface area contributed by atoms with Crippen molar-refractivity contribution >= 4 is 24.0 Å². The number of rotatable bonds is 10. The Morgan fingerprint density at radius 3 is 1.91 bits per heavy atom. The minimum atomic E-state index is -0.717. The Balaban J connectivity index is 0.00000306. The van der Waals surface area contributed by atoms with Crippen molar-refractivity contribution in [3.63, 3.8) is 0 Å². The molecule has 0 radical (unpaired) electrons. The molecule has 4 rings (SSSR count). The number of aliphatic hydroxyl groups excluding tert-OH is 1. The fourth-order valence-corrected chi connectivity index (χ4v) is 4.30. The highest BCUT2D eigenvalue weighted by Gasteiger charge is 2.20. The SMILES string of the molecule is Cl.OC(CNC1CCCC1)c1cc(OCc2ccccc2)c(OCc2ccccc2)cc1Cl. The summed E-state index contributed by atoms with van der Waals surface area (Å²) < 4.78 is 12.2. The van der Waals surface area contributed by atoms with E-state index in [1.165, 1.54) is 12.8 Å². The molecule has 0 amide bonds. The van der Waals surface area contributed by atoms with Crippen LogP contribution in [0.5, 0.6) is 11.5 Å². The third-order valence-corrected chi connectivity index (χ3v) is 6.18. The molecular weight excluding hydrogens is 457 g/mol. The van der Waals surface area contributed by atoms with Gasteiger partial charge in [0, 0.05) is 24.2 Å². The number of hydrogen-bond acceptors (Lipinski definition) is 4. The van der Waals surface area contributed by atoms with Crippen molar-refractivity contribution in [2.45, 2.75) is 51.0 Å². The average Bonchev–Trinajstić information content (AvgIpc) is 3.35. The first-order chi connectivity index (χ1) is 15.7. The number of benzene rings is 3. The van der Waals surface area contributed by atoms with Crippen LogP contribution in [0.1, 0.15) is 48.5 Å². The van der Waals surface area contributed by atoms with Crippen molar-refractivity contribution in [2.75, 3.05) is 6.54 Å². The highest BCUT2D eigenvalue weighted by Crippen LogP contribution is 2.37. The lowest BCUT2D eigenvalue weighted by Crippen LogP contribution is -2.30. The summed E-state index contributed by atoms with van der Waals surface area (Å²) in [6.07, 6.45) is 4.11. The second-order valence-electron chi connectivity index (χ2n) is 8.27. The first kappa shape index (κ1) is 25.4. The number of ether oxygens (including phenoxy) is 2. The van der Waals surface area contributed by atoms with Crippen LogP contribution in [0.15, 0.2) is 72.8 Å². The molecular formula is C27H31Cl2NO3. The van der Waals surface area contributed by atoms with Crippen LogP contribution in [-0.2, 0) is 13.2 Å². The summed E-state index contributed by atoms with van der Waals surface area (Å²) in [5.41, 5.74) is 2.76. The quantitative estimate of drug-likeness (QED) is 0.343. The van der Waals surface area contributed by atoms with E-state index in [0.29, 0.717) is 47.9 Å². The van der Waals surface area contributed by atoms with Gasteiger partial charge in [0.15, 0.2) is 11.5 Å². The van der Waals surface area contributed by atoms with Crippen LogP contribution in [0.25, 0.3) is 0 Å². The van der Waals surface area contributed by atoms with Gasteiger partial charge >= 0.3 is 0 Å². The Morgan fingerprint density at radius 2 is 1.36 bits per heavy atom. The van der Waals surface area contributed by atoms with E-state index in [1.807, 2.05) is 66.7 Å². The van der Waals surface area contributed by atoms with E-state index in [4.69, 9.17) is 21.1 Å². The Labute approximate surface area is 207 Å². The zero-order valence-electron chi connectivity index (χ0n) is 18.6. The predicted octanol–water partition coefficient (Wildman–Crippen LogP) is 6.49. The summed E-state index contributed by atoms with van der Waals surface area (Å²) in [6.45, 7) is 1.27. The van der Waals surface area contributed by atoms with Crippen LogP contribution in [-0.4, -0.2) is 17.7 Å². The van der Waals surface area contributed by atoms with E-state index in [9.17, 15) is 5.11 Å². The van der Waals surface area contributed by atoms with Crippen LogP contribution in [0.4, 0.5) is 0 Å². The normalized spacial score (nSPS) is 14.5. The third kappa shape index (κ3) is 7.38. The molecule has 176 valence electrons. The molecule has 1 fully saturated rings. The maximum Gasteiger partial charge on any atom is 0.163 e. The van der Waals surface area contributed by atoms with Crippen molar-refractivity contribution in [1.82, 2.24) is 5.32 Å². The summed E-state index contributed by atoms with van der Waals surface area (Å²) in [7, 11) is 0. The Morgan fingerprint density at radius 1 is 0.848 bits per heavy atom. The van der Waals surface area contributed by atoms with Crippen molar-refractivity contribution < 1.29 is 14.6 Å². The molecule has 1 aliphatic carbocycles. The van der Waals surface area contributed by atoms with Gasteiger partial charge in [0.2, 0.25) is 0 Å². The molecule has 1 atom stereocenters. The second kappa shape index (κ2) is 12.9. The van der Waals surface area contributed by atoms with Crippen LogP contribution >= 0.6 is 24.0 Å². The van der Waals surface area contributed by atoms with Gasteiger partial charge in [-0.15, -0.1) is 12.4 Å². The lowest BCUT2D eigenvalue weighted by Gasteiger charge is -2.20. The first-order valence-corrected chi connectivity index (χ1v) is 11.6. The minimum Gasteiger partial charge on any atom is -0.485 e. The fourth-order valence-electron chi connectivity index (χ4n) is 4.02. The predicted molar refractivity (Wildman–Crippen MR) is 135 cm³/mol. The largest absolute Gasteiger partial charge is 0.485 e. The lowest BCUT2D eigenvalue weighted by atomic mass is 10.1. The van der Waals surface area contributed by atoms with Crippen molar-refractivity contribution in [2.24, 2.45) is 0 Å². The molecule has 0 saturated heterocycles. The molecule has 1 saturated carbocycles. The number of hydrogen-bond donors (Lipinski definition) is 2. The van der Waals surface area contributed by atoms with Crippen molar-refractivity contribution in [1.29, 1.82) is 0 Å². The van der Waals surface area contributed by atoms with E-state index >= 15 is 0 Å². The average molecular weight is 488 g/mol. The van der Waals surface area contributed by atoms with E-state index in [0.717, 1.165) is 24.0 Å². The molecule has 33 heavy (non-hydrogen) atoms. The van der Waals surface area contributed by atoms with Gasteiger partial charge in [-0.05, 0) is 30.0 Å². The number of halogens is 2. The third-order valence-electron chi connectivity index (χ3n) is 5.85. The Hall–Kier alpha value is -2.24. The molecule has 0 bridgehead atoms. The summed E-state index contributed by atoms with van der Waals surface area (Å²) in [6, 6.07) is 24.0. The number of nitrogens with one attached hydrogen (secondary N) is 1. The number of aliphatic hydroxyl groups is 1. The highest BCUT2D eigenvalue weighted by atomic mass is 35.5. The minimum absolute atomic E-state index is 0. The Bertz CT molecular complexity index is 979. The molecule has 6 heteroatoms. The molecule has 0 heterocycles. The maximum atomic E-state index is 10.8. The first-order valence-electron chi connectivity index (χ1n) is 11.3. The van der Waals surface area contributed by atoms with Crippen molar-refractivity contribution in [3.05, 3.63) is 94.5 Å². The summed E-state index contributed by atoms with van der Waals surface area (Å²) >= 11 is 6.57. The summed E-state index contributed by atoms with van der Waals surface area (Å²) in [4.78, 5) is 0. The smallest absolute Gasteiger partial charge is 0.163 e.